The van der Waals surface area contributed by atoms with E-state index in [-0.39, 0.29) is 5.41 Å². The highest BCUT2D eigenvalue weighted by Gasteiger charge is 2.44. The van der Waals surface area contributed by atoms with Crippen LogP contribution in [0.1, 0.15) is 25.0 Å². The minimum absolute atomic E-state index is 0.0807. The van der Waals surface area contributed by atoms with E-state index in [2.05, 4.69) is 54.9 Å². The average Bonchev–Trinajstić information content (AvgIpc) is 2.59. The van der Waals surface area contributed by atoms with Crippen molar-refractivity contribution in [3.8, 4) is 17.0 Å². The van der Waals surface area contributed by atoms with Gasteiger partial charge in [0.25, 0.3) is 6.73 Å². The molecule has 2 heteroatoms. The van der Waals surface area contributed by atoms with Crippen LogP contribution < -0.4 is 9.30 Å². The van der Waals surface area contributed by atoms with Crippen LogP contribution in [0.4, 0.5) is 0 Å². The van der Waals surface area contributed by atoms with Gasteiger partial charge in [0.2, 0.25) is 5.69 Å². The minimum Gasteiger partial charge on any atom is -0.435 e. The normalized spacial score (nSPS) is 17.5. The average molecular weight is 224 g/mol. The first-order valence-electron chi connectivity index (χ1n) is 5.99. The standard InChI is InChI=1S/C15H14NO/c1-15(2)10-5-3-7-12-13(10)14-11(15)6-4-8-16(14)9-17-12/h3-8H,9H2,1-2H3/q+1. The topological polar surface area (TPSA) is 13.1 Å². The second kappa shape index (κ2) is 2.70. The third-order valence-electron chi connectivity index (χ3n) is 4.04. The van der Waals surface area contributed by atoms with Gasteiger partial charge in [-0.15, -0.1) is 0 Å². The van der Waals surface area contributed by atoms with Crippen LogP contribution in [0.25, 0.3) is 11.3 Å². The van der Waals surface area contributed by atoms with Crippen LogP contribution >= 0.6 is 0 Å². The Kier molecular flexibility index (Phi) is 1.47. The van der Waals surface area contributed by atoms with E-state index in [0.717, 1.165) is 5.75 Å². The van der Waals surface area contributed by atoms with E-state index in [1.54, 1.807) is 0 Å². The summed E-state index contributed by atoms with van der Waals surface area (Å²) in [7, 11) is 0. The van der Waals surface area contributed by atoms with Gasteiger partial charge in [0.1, 0.15) is 5.75 Å². The van der Waals surface area contributed by atoms with Gasteiger partial charge in [-0.05, 0) is 17.7 Å². The molecule has 1 aromatic heterocycles. The Bertz CT molecular complexity index is 588. The Labute approximate surface area is 100 Å². The molecule has 2 nitrogen and oxygen atoms in total. The summed E-state index contributed by atoms with van der Waals surface area (Å²) < 4.78 is 8.02. The summed E-state index contributed by atoms with van der Waals surface area (Å²) in [6.45, 7) is 5.20. The highest BCUT2D eigenvalue weighted by molar-refractivity contribution is 5.81. The van der Waals surface area contributed by atoms with Crippen molar-refractivity contribution in [2.45, 2.75) is 26.0 Å². The fourth-order valence-corrected chi connectivity index (χ4v) is 3.14. The Morgan fingerprint density at radius 2 is 1.94 bits per heavy atom. The molecule has 0 unspecified atom stereocenters. The molecular formula is C15H14NO+. The summed E-state index contributed by atoms with van der Waals surface area (Å²) in [5, 5.41) is 0. The molecule has 0 radical (unpaired) electrons. The van der Waals surface area contributed by atoms with Crippen LogP contribution in [0, 0.1) is 0 Å². The van der Waals surface area contributed by atoms with Crippen LogP contribution in [0.3, 0.4) is 0 Å². The minimum atomic E-state index is 0.0807. The van der Waals surface area contributed by atoms with E-state index in [0.29, 0.717) is 6.73 Å². The van der Waals surface area contributed by atoms with Gasteiger partial charge in [-0.1, -0.05) is 26.0 Å². The number of nitrogens with zero attached hydrogens (tertiary/aromatic N) is 1. The summed E-state index contributed by atoms with van der Waals surface area (Å²) >= 11 is 0. The van der Waals surface area contributed by atoms with Crippen molar-refractivity contribution >= 4 is 0 Å². The van der Waals surface area contributed by atoms with Gasteiger partial charge in [0.15, 0.2) is 6.20 Å². The lowest BCUT2D eigenvalue weighted by Gasteiger charge is -2.19. The smallest absolute Gasteiger partial charge is 0.292 e. The van der Waals surface area contributed by atoms with Crippen LogP contribution in [-0.4, -0.2) is 0 Å². The molecule has 0 N–H and O–H groups in total. The lowest BCUT2D eigenvalue weighted by atomic mass is 9.83. The quantitative estimate of drug-likeness (QED) is 0.627. The van der Waals surface area contributed by atoms with Gasteiger partial charge < -0.3 is 4.74 Å². The molecule has 17 heavy (non-hydrogen) atoms. The Morgan fingerprint density at radius 1 is 1.12 bits per heavy atom. The van der Waals surface area contributed by atoms with Gasteiger partial charge in [-0.3, -0.25) is 0 Å². The molecule has 0 fully saturated rings. The highest BCUT2D eigenvalue weighted by Crippen LogP contribution is 2.51. The maximum absolute atomic E-state index is 5.82. The van der Waals surface area contributed by atoms with Crippen molar-refractivity contribution < 1.29 is 9.30 Å². The van der Waals surface area contributed by atoms with Crippen molar-refractivity contribution in [1.29, 1.82) is 0 Å². The van der Waals surface area contributed by atoms with Crippen molar-refractivity contribution in [3.63, 3.8) is 0 Å². The zero-order chi connectivity index (χ0) is 11.6. The van der Waals surface area contributed by atoms with Gasteiger partial charge in [-0.2, -0.15) is 4.57 Å². The van der Waals surface area contributed by atoms with E-state index < -0.39 is 0 Å². The van der Waals surface area contributed by atoms with E-state index in [1.165, 1.54) is 22.4 Å². The molecule has 0 atom stereocenters. The summed E-state index contributed by atoms with van der Waals surface area (Å²) in [5.41, 5.74) is 5.50. The van der Waals surface area contributed by atoms with E-state index in [4.69, 9.17) is 4.74 Å². The SMILES string of the molecule is CC1(C)c2cccc3c2-c2c1ccc[n+]2CO3. The molecule has 4 rings (SSSR count). The molecule has 2 aromatic rings. The van der Waals surface area contributed by atoms with Crippen LogP contribution in [-0.2, 0) is 12.1 Å². The number of pyridine rings is 1. The Morgan fingerprint density at radius 3 is 2.82 bits per heavy atom. The fraction of sp³-hybridized carbons (Fsp3) is 0.267. The predicted octanol–water partition coefficient (Wildman–Crippen LogP) is 2.63. The van der Waals surface area contributed by atoms with E-state index in [1.807, 2.05) is 0 Å². The molecule has 0 saturated carbocycles. The molecule has 0 amide bonds. The number of ether oxygens (including phenoxy) is 1. The van der Waals surface area contributed by atoms with E-state index >= 15 is 0 Å². The second-order valence-electron chi connectivity index (χ2n) is 5.32. The maximum atomic E-state index is 5.82. The molecule has 0 bridgehead atoms. The predicted molar refractivity (Wildman–Crippen MR) is 64.8 cm³/mol. The van der Waals surface area contributed by atoms with Crippen molar-refractivity contribution in [2.75, 3.05) is 0 Å². The van der Waals surface area contributed by atoms with Gasteiger partial charge in [-0.25, -0.2) is 0 Å². The van der Waals surface area contributed by atoms with Gasteiger partial charge in [0, 0.05) is 17.0 Å². The highest BCUT2D eigenvalue weighted by atomic mass is 16.5. The summed E-state index contributed by atoms with van der Waals surface area (Å²) in [6, 6.07) is 10.7. The molecule has 0 saturated heterocycles. The molecular weight excluding hydrogens is 210 g/mol. The number of rotatable bonds is 0. The maximum Gasteiger partial charge on any atom is 0.292 e. The third kappa shape index (κ3) is 0.943. The molecule has 1 aromatic carbocycles. The van der Waals surface area contributed by atoms with Crippen LogP contribution in [0.5, 0.6) is 5.75 Å². The monoisotopic (exact) mass is 224 g/mol. The first-order valence-corrected chi connectivity index (χ1v) is 5.99. The van der Waals surface area contributed by atoms with E-state index in [9.17, 15) is 0 Å². The zero-order valence-electron chi connectivity index (χ0n) is 10.0. The van der Waals surface area contributed by atoms with Crippen molar-refractivity contribution in [1.82, 2.24) is 0 Å². The lowest BCUT2D eigenvalue weighted by Crippen LogP contribution is -2.41. The summed E-state index contributed by atoms with van der Waals surface area (Å²) in [5.74, 6) is 1.03. The van der Waals surface area contributed by atoms with Crippen LogP contribution in [0.2, 0.25) is 0 Å². The zero-order valence-corrected chi connectivity index (χ0v) is 10.0. The molecule has 2 heterocycles. The molecule has 0 spiro atoms. The molecule has 1 aliphatic carbocycles. The summed E-state index contributed by atoms with van der Waals surface area (Å²) in [6.07, 6.45) is 2.10. The van der Waals surface area contributed by atoms with Crippen molar-refractivity contribution in [2.24, 2.45) is 0 Å². The van der Waals surface area contributed by atoms with Crippen LogP contribution in [0.15, 0.2) is 36.5 Å². The lowest BCUT2D eigenvalue weighted by molar-refractivity contribution is -0.717. The number of hydrogen-bond donors (Lipinski definition) is 0. The Hall–Kier alpha value is -1.83. The first kappa shape index (κ1) is 9.23. The Balaban J connectivity index is 2.23. The second-order valence-corrected chi connectivity index (χ2v) is 5.32. The largest absolute Gasteiger partial charge is 0.435 e. The molecule has 1 aliphatic heterocycles. The molecule has 2 aliphatic rings. The number of aromatic nitrogens is 1. The fourth-order valence-electron chi connectivity index (χ4n) is 3.14. The van der Waals surface area contributed by atoms with Gasteiger partial charge >= 0.3 is 0 Å². The summed E-state index contributed by atoms with van der Waals surface area (Å²) in [4.78, 5) is 0. The number of benzene rings is 1. The third-order valence-corrected chi connectivity index (χ3v) is 4.04. The number of hydrogen-bond acceptors (Lipinski definition) is 1. The molecule has 84 valence electrons. The first-order chi connectivity index (χ1) is 8.19. The van der Waals surface area contributed by atoms with Crippen molar-refractivity contribution in [3.05, 3.63) is 47.7 Å². The van der Waals surface area contributed by atoms with Gasteiger partial charge in [0.05, 0.1) is 5.56 Å².